The average molecular weight is 343 g/mol. The van der Waals surface area contributed by atoms with Gasteiger partial charge in [-0.05, 0) is 17.5 Å². The van der Waals surface area contributed by atoms with E-state index in [2.05, 4.69) is 56.9 Å². The zero-order valence-electron chi connectivity index (χ0n) is 14.8. The number of aryl methyl sites for hydroxylation is 1. The van der Waals surface area contributed by atoms with Gasteiger partial charge in [0.05, 0.1) is 13.0 Å². The number of nitrogens with zero attached hydrogens (tertiary/aromatic N) is 3. The summed E-state index contributed by atoms with van der Waals surface area (Å²) >= 11 is 0. The van der Waals surface area contributed by atoms with Gasteiger partial charge < -0.3 is 15.2 Å². The van der Waals surface area contributed by atoms with Crippen LogP contribution in [0.15, 0.2) is 28.8 Å². The zero-order valence-corrected chi connectivity index (χ0v) is 14.8. The molecule has 1 unspecified atom stereocenters. The molecule has 134 valence electrons. The Balaban J connectivity index is 1.69. The fraction of sp³-hybridized carbons (Fsp3) is 0.500. The molecule has 0 spiro atoms. The standard InChI is InChI=1S/C18H25N5O2/c1-3-13-4-6-14(7-5-13)15-11-20-8-9-23(15)12-18-21-16(22-25-18)10-17(24)19-2/h4-7,15,20H,3,8-12H2,1-2H3,(H,19,24). The quantitative estimate of drug-likeness (QED) is 0.816. The van der Waals surface area contributed by atoms with Crippen molar-refractivity contribution in [3.8, 4) is 0 Å². The molecule has 2 aromatic rings. The molecule has 1 amide bonds. The molecule has 1 aliphatic heterocycles. The van der Waals surface area contributed by atoms with Crippen LogP contribution in [0.2, 0.25) is 0 Å². The van der Waals surface area contributed by atoms with E-state index in [4.69, 9.17) is 4.52 Å². The van der Waals surface area contributed by atoms with Crippen LogP contribution in [-0.2, 0) is 24.2 Å². The molecule has 0 saturated carbocycles. The van der Waals surface area contributed by atoms with Gasteiger partial charge in [0, 0.05) is 32.7 Å². The number of hydrogen-bond acceptors (Lipinski definition) is 6. The monoisotopic (exact) mass is 343 g/mol. The third kappa shape index (κ3) is 4.43. The van der Waals surface area contributed by atoms with Crippen molar-refractivity contribution < 1.29 is 9.32 Å². The van der Waals surface area contributed by atoms with E-state index in [1.54, 1.807) is 7.05 Å². The maximum absolute atomic E-state index is 11.4. The van der Waals surface area contributed by atoms with Gasteiger partial charge in [0.1, 0.15) is 0 Å². The predicted octanol–water partition coefficient (Wildman–Crippen LogP) is 1.07. The summed E-state index contributed by atoms with van der Waals surface area (Å²) in [5.41, 5.74) is 2.63. The first-order valence-electron chi connectivity index (χ1n) is 8.75. The first kappa shape index (κ1) is 17.6. The van der Waals surface area contributed by atoms with Gasteiger partial charge in [-0.25, -0.2) is 0 Å². The highest BCUT2D eigenvalue weighted by Crippen LogP contribution is 2.24. The lowest BCUT2D eigenvalue weighted by Gasteiger charge is -2.35. The molecular formula is C18H25N5O2. The summed E-state index contributed by atoms with van der Waals surface area (Å²) in [6.07, 6.45) is 1.19. The van der Waals surface area contributed by atoms with Gasteiger partial charge in [-0.15, -0.1) is 0 Å². The topological polar surface area (TPSA) is 83.3 Å². The van der Waals surface area contributed by atoms with Gasteiger partial charge in [-0.3, -0.25) is 9.69 Å². The Morgan fingerprint density at radius 3 is 2.92 bits per heavy atom. The summed E-state index contributed by atoms with van der Waals surface area (Å²) in [5, 5.41) is 9.92. The van der Waals surface area contributed by atoms with Crippen LogP contribution in [-0.4, -0.2) is 47.6 Å². The Hall–Kier alpha value is -2.25. The predicted molar refractivity (Wildman–Crippen MR) is 93.9 cm³/mol. The van der Waals surface area contributed by atoms with Crippen molar-refractivity contribution >= 4 is 5.91 Å². The number of benzene rings is 1. The first-order chi connectivity index (χ1) is 12.2. The molecule has 0 bridgehead atoms. The molecule has 2 N–H and O–H groups in total. The van der Waals surface area contributed by atoms with Gasteiger partial charge in [0.2, 0.25) is 11.8 Å². The molecule has 0 aliphatic carbocycles. The van der Waals surface area contributed by atoms with Crippen LogP contribution >= 0.6 is 0 Å². The Kier molecular flexibility index (Phi) is 5.78. The maximum atomic E-state index is 11.4. The minimum absolute atomic E-state index is 0.122. The molecule has 2 heterocycles. The van der Waals surface area contributed by atoms with Gasteiger partial charge in [-0.2, -0.15) is 4.98 Å². The van der Waals surface area contributed by atoms with E-state index < -0.39 is 0 Å². The number of amides is 1. The average Bonchev–Trinajstić information content (AvgIpc) is 3.09. The second kappa shape index (κ2) is 8.22. The molecule has 3 rings (SSSR count). The fourth-order valence-electron chi connectivity index (χ4n) is 3.07. The smallest absolute Gasteiger partial charge is 0.240 e. The summed E-state index contributed by atoms with van der Waals surface area (Å²) in [4.78, 5) is 18.1. The minimum atomic E-state index is -0.122. The minimum Gasteiger partial charge on any atom is -0.359 e. The third-order valence-corrected chi connectivity index (χ3v) is 4.57. The number of carbonyl (C=O) groups excluding carboxylic acids is 1. The lowest BCUT2D eigenvalue weighted by molar-refractivity contribution is -0.120. The van der Waals surface area contributed by atoms with E-state index >= 15 is 0 Å². The van der Waals surface area contributed by atoms with Crippen LogP contribution < -0.4 is 10.6 Å². The van der Waals surface area contributed by atoms with Crippen LogP contribution in [0.5, 0.6) is 0 Å². The van der Waals surface area contributed by atoms with Crippen molar-refractivity contribution in [1.29, 1.82) is 0 Å². The molecular weight excluding hydrogens is 318 g/mol. The van der Waals surface area contributed by atoms with Crippen molar-refractivity contribution in [3.05, 3.63) is 47.1 Å². The largest absolute Gasteiger partial charge is 0.359 e. The second-order valence-electron chi connectivity index (χ2n) is 6.24. The summed E-state index contributed by atoms with van der Waals surface area (Å²) in [7, 11) is 1.60. The number of rotatable bonds is 6. The SMILES string of the molecule is CCc1ccc(C2CNCCN2Cc2nc(CC(=O)NC)no2)cc1. The lowest BCUT2D eigenvalue weighted by atomic mass is 10.0. The van der Waals surface area contributed by atoms with Crippen LogP contribution in [0.3, 0.4) is 0 Å². The van der Waals surface area contributed by atoms with E-state index in [-0.39, 0.29) is 18.4 Å². The first-order valence-corrected chi connectivity index (χ1v) is 8.75. The molecule has 1 fully saturated rings. The van der Waals surface area contributed by atoms with E-state index in [9.17, 15) is 4.79 Å². The molecule has 1 aromatic heterocycles. The van der Waals surface area contributed by atoms with Gasteiger partial charge in [0.25, 0.3) is 0 Å². The number of hydrogen-bond donors (Lipinski definition) is 2. The summed E-state index contributed by atoms with van der Waals surface area (Å²) < 4.78 is 5.33. The number of piperazine rings is 1. The van der Waals surface area contributed by atoms with Crippen LogP contribution in [0, 0.1) is 0 Å². The van der Waals surface area contributed by atoms with Crippen LogP contribution in [0.25, 0.3) is 0 Å². The van der Waals surface area contributed by atoms with Crippen molar-refractivity contribution in [3.63, 3.8) is 0 Å². The Morgan fingerprint density at radius 2 is 2.20 bits per heavy atom. The van der Waals surface area contributed by atoms with Crippen molar-refractivity contribution in [2.24, 2.45) is 0 Å². The van der Waals surface area contributed by atoms with Crippen LogP contribution in [0.4, 0.5) is 0 Å². The van der Waals surface area contributed by atoms with E-state index in [1.165, 1.54) is 11.1 Å². The number of aromatic nitrogens is 2. The van der Waals surface area contributed by atoms with Crippen molar-refractivity contribution in [2.75, 3.05) is 26.7 Å². The Bertz CT molecular complexity index is 698. The highest BCUT2D eigenvalue weighted by atomic mass is 16.5. The van der Waals surface area contributed by atoms with E-state index in [0.29, 0.717) is 18.3 Å². The molecule has 1 aliphatic rings. The van der Waals surface area contributed by atoms with Crippen LogP contribution in [0.1, 0.15) is 35.8 Å². The number of nitrogens with one attached hydrogen (secondary N) is 2. The van der Waals surface area contributed by atoms with Gasteiger partial charge >= 0.3 is 0 Å². The van der Waals surface area contributed by atoms with Crippen molar-refractivity contribution in [2.45, 2.75) is 32.4 Å². The third-order valence-electron chi connectivity index (χ3n) is 4.57. The normalized spacial score (nSPS) is 18.2. The maximum Gasteiger partial charge on any atom is 0.240 e. The van der Waals surface area contributed by atoms with E-state index in [1.807, 2.05) is 0 Å². The molecule has 7 heteroatoms. The second-order valence-corrected chi connectivity index (χ2v) is 6.24. The molecule has 1 atom stereocenters. The molecule has 7 nitrogen and oxygen atoms in total. The summed E-state index contributed by atoms with van der Waals surface area (Å²) in [6.45, 7) is 5.49. The lowest BCUT2D eigenvalue weighted by Crippen LogP contribution is -2.45. The Morgan fingerprint density at radius 1 is 1.40 bits per heavy atom. The molecule has 1 saturated heterocycles. The molecule has 25 heavy (non-hydrogen) atoms. The van der Waals surface area contributed by atoms with Crippen molar-refractivity contribution in [1.82, 2.24) is 25.7 Å². The highest BCUT2D eigenvalue weighted by Gasteiger charge is 2.25. The zero-order chi connectivity index (χ0) is 17.6. The highest BCUT2D eigenvalue weighted by molar-refractivity contribution is 5.77. The molecule has 1 aromatic carbocycles. The summed E-state index contributed by atoms with van der Waals surface area (Å²) in [5.74, 6) is 0.854. The van der Waals surface area contributed by atoms with Gasteiger partial charge in [-0.1, -0.05) is 36.3 Å². The number of likely N-dealkylation sites (N-methyl/N-ethyl adjacent to an activating group) is 1. The number of carbonyl (C=O) groups is 1. The van der Waals surface area contributed by atoms with Gasteiger partial charge in [0.15, 0.2) is 5.82 Å². The Labute approximate surface area is 147 Å². The fourth-order valence-corrected chi connectivity index (χ4v) is 3.07. The summed E-state index contributed by atoms with van der Waals surface area (Å²) in [6, 6.07) is 9.06. The van der Waals surface area contributed by atoms with E-state index in [0.717, 1.165) is 26.1 Å². The molecule has 0 radical (unpaired) electrons.